The zero-order chi connectivity index (χ0) is 13.4. The highest BCUT2D eigenvalue weighted by Gasteiger charge is 2.17. The zero-order valence-corrected chi connectivity index (χ0v) is 13.0. The average Bonchev–Trinajstić information content (AvgIpc) is 2.36. The van der Waals surface area contributed by atoms with Crippen molar-refractivity contribution in [3.8, 4) is 0 Å². The number of rotatable bonds is 7. The minimum Gasteiger partial charge on any atom is -0.378 e. The molecule has 0 bridgehead atoms. The standard InChI is InChI=1S/C14H28N2O2.ClH/c1-11(2)9-12(10-15)16-14(17)7-6-13-5-3-4-8-18-13;/h11-13H,3-10,15H2,1-2H3,(H,16,17);1H. The average molecular weight is 293 g/mol. The molecule has 0 aliphatic carbocycles. The van der Waals surface area contributed by atoms with E-state index in [9.17, 15) is 4.79 Å². The first-order chi connectivity index (χ1) is 8.61. The fraction of sp³-hybridized carbons (Fsp3) is 0.929. The van der Waals surface area contributed by atoms with Crippen LogP contribution in [-0.2, 0) is 9.53 Å². The number of nitrogens with two attached hydrogens (primary N) is 1. The molecule has 4 nitrogen and oxygen atoms in total. The van der Waals surface area contributed by atoms with Crippen LogP contribution in [0, 0.1) is 5.92 Å². The predicted molar refractivity (Wildman–Crippen MR) is 80.5 cm³/mol. The Kier molecular flexibility index (Phi) is 10.3. The number of hydrogen-bond donors (Lipinski definition) is 2. The maximum Gasteiger partial charge on any atom is 0.220 e. The van der Waals surface area contributed by atoms with Crippen LogP contribution in [0.3, 0.4) is 0 Å². The number of amides is 1. The molecule has 0 aromatic rings. The third kappa shape index (κ3) is 8.45. The van der Waals surface area contributed by atoms with Crippen molar-refractivity contribution in [3.05, 3.63) is 0 Å². The van der Waals surface area contributed by atoms with Crippen molar-refractivity contribution in [2.75, 3.05) is 13.2 Å². The van der Waals surface area contributed by atoms with E-state index in [4.69, 9.17) is 10.5 Å². The number of carbonyl (C=O) groups is 1. The zero-order valence-electron chi connectivity index (χ0n) is 12.2. The summed E-state index contributed by atoms with van der Waals surface area (Å²) in [5.41, 5.74) is 5.67. The molecule has 1 saturated heterocycles. The van der Waals surface area contributed by atoms with Crippen molar-refractivity contribution >= 4 is 18.3 Å². The van der Waals surface area contributed by atoms with E-state index in [1.165, 1.54) is 6.42 Å². The maximum atomic E-state index is 11.8. The van der Waals surface area contributed by atoms with Gasteiger partial charge in [0.05, 0.1) is 6.10 Å². The second-order valence-corrected chi connectivity index (χ2v) is 5.66. The second kappa shape index (κ2) is 10.5. The molecule has 1 heterocycles. The van der Waals surface area contributed by atoms with Crippen LogP contribution < -0.4 is 11.1 Å². The molecular weight excluding hydrogens is 264 g/mol. The normalized spacial score (nSPS) is 20.7. The maximum absolute atomic E-state index is 11.8. The van der Waals surface area contributed by atoms with Crippen LogP contribution in [0.25, 0.3) is 0 Å². The Morgan fingerprint density at radius 1 is 1.42 bits per heavy atom. The molecule has 1 rings (SSSR count). The Labute approximate surface area is 123 Å². The Morgan fingerprint density at radius 3 is 2.68 bits per heavy atom. The molecule has 0 aromatic heterocycles. The van der Waals surface area contributed by atoms with E-state index in [-0.39, 0.29) is 30.5 Å². The monoisotopic (exact) mass is 292 g/mol. The summed E-state index contributed by atoms with van der Waals surface area (Å²) >= 11 is 0. The van der Waals surface area contributed by atoms with Gasteiger partial charge in [0.1, 0.15) is 0 Å². The van der Waals surface area contributed by atoms with Crippen molar-refractivity contribution in [2.45, 2.75) is 64.5 Å². The smallest absolute Gasteiger partial charge is 0.220 e. The minimum atomic E-state index is 0. The highest BCUT2D eigenvalue weighted by Crippen LogP contribution is 2.16. The summed E-state index contributed by atoms with van der Waals surface area (Å²) in [4.78, 5) is 11.8. The SMILES string of the molecule is CC(C)CC(CN)NC(=O)CCC1CCCCO1.Cl. The molecule has 2 unspecified atom stereocenters. The van der Waals surface area contributed by atoms with Crippen molar-refractivity contribution in [2.24, 2.45) is 11.7 Å². The number of carbonyl (C=O) groups excluding carboxylic acids is 1. The number of hydrogen-bond acceptors (Lipinski definition) is 3. The highest BCUT2D eigenvalue weighted by molar-refractivity contribution is 5.85. The molecular formula is C14H29ClN2O2. The molecule has 1 fully saturated rings. The lowest BCUT2D eigenvalue weighted by Crippen LogP contribution is -2.41. The van der Waals surface area contributed by atoms with Gasteiger partial charge in [0.2, 0.25) is 5.91 Å². The lowest BCUT2D eigenvalue weighted by atomic mass is 10.0. The van der Waals surface area contributed by atoms with Gasteiger partial charge in [-0.2, -0.15) is 0 Å². The van der Waals surface area contributed by atoms with E-state index >= 15 is 0 Å². The Morgan fingerprint density at radius 2 is 2.16 bits per heavy atom. The van der Waals surface area contributed by atoms with E-state index < -0.39 is 0 Å². The van der Waals surface area contributed by atoms with E-state index in [0.717, 1.165) is 32.3 Å². The first kappa shape index (κ1) is 18.7. The van der Waals surface area contributed by atoms with Crippen LogP contribution in [0.2, 0.25) is 0 Å². The van der Waals surface area contributed by atoms with Crippen molar-refractivity contribution in [1.29, 1.82) is 0 Å². The van der Waals surface area contributed by atoms with Gasteiger partial charge in [0, 0.05) is 25.6 Å². The quantitative estimate of drug-likeness (QED) is 0.756. The van der Waals surface area contributed by atoms with Crippen LogP contribution in [0.5, 0.6) is 0 Å². The Bertz CT molecular complexity index is 244. The topological polar surface area (TPSA) is 64.3 Å². The third-order valence-electron chi connectivity index (χ3n) is 3.37. The molecule has 5 heteroatoms. The lowest BCUT2D eigenvalue weighted by Gasteiger charge is -2.23. The molecule has 0 aromatic carbocycles. The molecule has 1 aliphatic rings. The van der Waals surface area contributed by atoms with Gasteiger partial charge in [-0.05, 0) is 38.0 Å². The molecule has 1 aliphatic heterocycles. The Balaban J connectivity index is 0.00000324. The first-order valence-electron chi connectivity index (χ1n) is 7.22. The summed E-state index contributed by atoms with van der Waals surface area (Å²) < 4.78 is 5.62. The predicted octanol–water partition coefficient (Wildman–Crippen LogP) is 2.25. The van der Waals surface area contributed by atoms with Gasteiger partial charge in [0.25, 0.3) is 0 Å². The summed E-state index contributed by atoms with van der Waals surface area (Å²) in [5.74, 6) is 0.667. The highest BCUT2D eigenvalue weighted by atomic mass is 35.5. The molecule has 0 spiro atoms. The largest absolute Gasteiger partial charge is 0.378 e. The van der Waals surface area contributed by atoms with Gasteiger partial charge in [0.15, 0.2) is 0 Å². The van der Waals surface area contributed by atoms with E-state index in [2.05, 4.69) is 19.2 Å². The van der Waals surface area contributed by atoms with E-state index in [1.54, 1.807) is 0 Å². The Hall–Kier alpha value is -0.320. The van der Waals surface area contributed by atoms with Crippen molar-refractivity contribution < 1.29 is 9.53 Å². The van der Waals surface area contributed by atoms with E-state index in [1.807, 2.05) is 0 Å². The molecule has 0 radical (unpaired) electrons. The van der Waals surface area contributed by atoms with Crippen LogP contribution in [-0.4, -0.2) is 31.2 Å². The van der Waals surface area contributed by atoms with Gasteiger partial charge in [-0.3, -0.25) is 4.79 Å². The van der Waals surface area contributed by atoms with Gasteiger partial charge in [-0.25, -0.2) is 0 Å². The van der Waals surface area contributed by atoms with E-state index in [0.29, 0.717) is 18.9 Å². The molecule has 3 N–H and O–H groups in total. The first-order valence-corrected chi connectivity index (χ1v) is 7.22. The van der Waals surface area contributed by atoms with Crippen molar-refractivity contribution in [3.63, 3.8) is 0 Å². The lowest BCUT2D eigenvalue weighted by molar-refractivity contribution is -0.122. The molecule has 19 heavy (non-hydrogen) atoms. The fourth-order valence-corrected chi connectivity index (χ4v) is 2.41. The number of halogens is 1. The second-order valence-electron chi connectivity index (χ2n) is 5.66. The summed E-state index contributed by atoms with van der Waals surface area (Å²) in [6.07, 6.45) is 6.11. The van der Waals surface area contributed by atoms with Crippen LogP contribution >= 0.6 is 12.4 Å². The molecule has 114 valence electrons. The van der Waals surface area contributed by atoms with Crippen LogP contribution in [0.15, 0.2) is 0 Å². The summed E-state index contributed by atoms with van der Waals surface area (Å²) in [6.45, 7) is 5.66. The number of ether oxygens (including phenoxy) is 1. The van der Waals surface area contributed by atoms with Crippen LogP contribution in [0.4, 0.5) is 0 Å². The van der Waals surface area contributed by atoms with Gasteiger partial charge >= 0.3 is 0 Å². The summed E-state index contributed by atoms with van der Waals surface area (Å²) in [6, 6.07) is 0.116. The molecule has 0 saturated carbocycles. The number of nitrogens with one attached hydrogen (secondary N) is 1. The summed E-state index contributed by atoms with van der Waals surface area (Å²) in [5, 5.41) is 3.02. The van der Waals surface area contributed by atoms with Crippen molar-refractivity contribution in [1.82, 2.24) is 5.32 Å². The van der Waals surface area contributed by atoms with Crippen LogP contribution in [0.1, 0.15) is 52.4 Å². The van der Waals surface area contributed by atoms with Gasteiger partial charge < -0.3 is 15.8 Å². The third-order valence-corrected chi connectivity index (χ3v) is 3.37. The fourth-order valence-electron chi connectivity index (χ4n) is 2.41. The molecule has 2 atom stereocenters. The van der Waals surface area contributed by atoms with Gasteiger partial charge in [-0.1, -0.05) is 13.8 Å². The summed E-state index contributed by atoms with van der Waals surface area (Å²) in [7, 11) is 0. The molecule has 1 amide bonds. The minimum absolute atomic E-state index is 0. The van der Waals surface area contributed by atoms with Gasteiger partial charge in [-0.15, -0.1) is 12.4 Å².